The Balaban J connectivity index is 1.89. The molecule has 7 heteroatoms. The smallest absolute Gasteiger partial charge is 0.337 e. The summed E-state index contributed by atoms with van der Waals surface area (Å²) in [5.74, 6) is -0.723. The summed E-state index contributed by atoms with van der Waals surface area (Å²) in [6.07, 6.45) is 3.59. The Morgan fingerprint density at radius 3 is 2.65 bits per heavy atom. The fraction of sp³-hybridized carbons (Fsp3) is 0.250. The summed E-state index contributed by atoms with van der Waals surface area (Å²) in [5.41, 5.74) is 3.70. The van der Waals surface area contributed by atoms with E-state index in [2.05, 4.69) is 37.6 Å². The zero-order valence-corrected chi connectivity index (χ0v) is 18.9. The Bertz CT molecular complexity index is 1280. The van der Waals surface area contributed by atoms with Crippen LogP contribution in [0.4, 0.5) is 0 Å². The predicted molar refractivity (Wildman–Crippen MR) is 125 cm³/mol. The van der Waals surface area contributed by atoms with Crippen molar-refractivity contribution < 1.29 is 14.6 Å². The molecule has 0 saturated carbocycles. The molecule has 1 aliphatic rings. The lowest BCUT2D eigenvalue weighted by molar-refractivity contribution is 0.0553. The van der Waals surface area contributed by atoms with Crippen LogP contribution in [0.3, 0.4) is 0 Å². The summed E-state index contributed by atoms with van der Waals surface area (Å²) in [6.45, 7) is 1.42. The first-order valence-corrected chi connectivity index (χ1v) is 11.4. The van der Waals surface area contributed by atoms with E-state index in [9.17, 15) is 9.90 Å². The highest BCUT2D eigenvalue weighted by Gasteiger charge is 2.31. The number of fused-ring (bicyclic) bond motifs is 3. The van der Waals surface area contributed by atoms with Gasteiger partial charge in [0.2, 0.25) is 0 Å². The van der Waals surface area contributed by atoms with Crippen molar-refractivity contribution in [3.05, 3.63) is 75.4 Å². The Hall–Kier alpha value is -2.41. The van der Waals surface area contributed by atoms with Gasteiger partial charge in [0.25, 0.3) is 0 Å². The second kappa shape index (κ2) is 8.26. The third-order valence-electron chi connectivity index (χ3n) is 6.07. The SMILES string of the molecule is O=C(O)c1ccc2c3ncc(Br)cc3n(C(c3ccccc3)C3CCOCC3)c2c1Cl. The number of aromatic nitrogens is 2. The predicted octanol–water partition coefficient (Wildman–Crippen LogP) is 6.32. The lowest BCUT2D eigenvalue weighted by Gasteiger charge is -2.33. The number of carbonyl (C=O) groups is 1. The van der Waals surface area contributed by atoms with E-state index in [1.165, 1.54) is 0 Å². The fourth-order valence-corrected chi connectivity index (χ4v) is 5.36. The van der Waals surface area contributed by atoms with Gasteiger partial charge >= 0.3 is 5.97 Å². The molecule has 0 amide bonds. The molecule has 1 fully saturated rings. The molecule has 5 nitrogen and oxygen atoms in total. The maximum absolute atomic E-state index is 11.9. The van der Waals surface area contributed by atoms with Crippen molar-refractivity contribution in [2.75, 3.05) is 13.2 Å². The van der Waals surface area contributed by atoms with Crippen molar-refractivity contribution in [3.8, 4) is 0 Å². The third-order valence-corrected chi connectivity index (χ3v) is 6.88. The Morgan fingerprint density at radius 1 is 1.19 bits per heavy atom. The van der Waals surface area contributed by atoms with Gasteiger partial charge in [-0.15, -0.1) is 0 Å². The average Bonchev–Trinajstić information content (AvgIpc) is 3.10. The molecule has 0 spiro atoms. The number of hydrogen-bond acceptors (Lipinski definition) is 3. The summed E-state index contributed by atoms with van der Waals surface area (Å²) < 4.78 is 8.69. The molecule has 2 aromatic carbocycles. The lowest BCUT2D eigenvalue weighted by atomic mass is 9.86. The number of nitrogens with zero attached hydrogens (tertiary/aromatic N) is 2. The Labute approximate surface area is 192 Å². The van der Waals surface area contributed by atoms with Crippen LogP contribution in [-0.4, -0.2) is 33.8 Å². The van der Waals surface area contributed by atoms with Gasteiger partial charge < -0.3 is 14.4 Å². The summed E-state index contributed by atoms with van der Waals surface area (Å²) >= 11 is 10.3. The van der Waals surface area contributed by atoms with Crippen LogP contribution >= 0.6 is 27.5 Å². The van der Waals surface area contributed by atoms with Crippen LogP contribution in [0.1, 0.15) is 34.8 Å². The highest BCUT2D eigenvalue weighted by Crippen LogP contribution is 2.43. The van der Waals surface area contributed by atoms with E-state index in [1.807, 2.05) is 30.3 Å². The van der Waals surface area contributed by atoms with E-state index in [1.54, 1.807) is 12.3 Å². The number of ether oxygens (including phenoxy) is 1. The number of halogens is 2. The first-order valence-electron chi connectivity index (χ1n) is 10.2. The van der Waals surface area contributed by atoms with Gasteiger partial charge in [-0.2, -0.15) is 0 Å². The van der Waals surface area contributed by atoms with Gasteiger partial charge in [-0.05, 0) is 58.5 Å². The van der Waals surface area contributed by atoms with E-state index in [0.717, 1.165) is 39.3 Å². The molecule has 4 aromatic rings. The number of hydrogen-bond donors (Lipinski definition) is 1. The average molecular weight is 500 g/mol. The molecular weight excluding hydrogens is 480 g/mol. The lowest BCUT2D eigenvalue weighted by Crippen LogP contribution is -2.27. The van der Waals surface area contributed by atoms with Gasteiger partial charge in [-0.3, -0.25) is 4.98 Å². The van der Waals surface area contributed by atoms with Crippen molar-refractivity contribution in [1.82, 2.24) is 9.55 Å². The number of carboxylic acid groups (broad SMARTS) is 1. The van der Waals surface area contributed by atoms with Gasteiger partial charge in [-0.1, -0.05) is 41.9 Å². The maximum Gasteiger partial charge on any atom is 0.337 e. The van der Waals surface area contributed by atoms with Crippen molar-refractivity contribution >= 4 is 55.4 Å². The van der Waals surface area contributed by atoms with Crippen molar-refractivity contribution in [3.63, 3.8) is 0 Å². The van der Waals surface area contributed by atoms with Crippen molar-refractivity contribution in [2.24, 2.45) is 5.92 Å². The number of rotatable bonds is 4. The second-order valence-electron chi connectivity index (χ2n) is 7.83. The standard InChI is InChI=1S/C24H20BrClN2O3/c25-16-12-19-21(27-13-16)18-7-6-17(24(29)30)20(26)23(18)28(19)22(14-4-2-1-3-5-14)15-8-10-31-11-9-15/h1-7,12-13,15,22H,8-11H2,(H,29,30). The van der Waals surface area contributed by atoms with E-state index in [-0.39, 0.29) is 16.6 Å². The maximum atomic E-state index is 11.9. The van der Waals surface area contributed by atoms with Gasteiger partial charge in [0.05, 0.1) is 33.2 Å². The Kier molecular flexibility index (Phi) is 5.46. The first-order chi connectivity index (χ1) is 15.1. The van der Waals surface area contributed by atoms with Crippen LogP contribution in [0.5, 0.6) is 0 Å². The zero-order valence-electron chi connectivity index (χ0n) is 16.6. The van der Waals surface area contributed by atoms with Crippen LogP contribution in [-0.2, 0) is 4.74 Å². The summed E-state index contributed by atoms with van der Waals surface area (Å²) in [6, 6.07) is 15.7. The van der Waals surface area contributed by atoms with Crippen LogP contribution < -0.4 is 0 Å². The Morgan fingerprint density at radius 2 is 1.94 bits per heavy atom. The molecule has 1 aliphatic heterocycles. The topological polar surface area (TPSA) is 64.3 Å². The first kappa shape index (κ1) is 20.5. The molecule has 1 unspecified atom stereocenters. The van der Waals surface area contributed by atoms with Crippen LogP contribution in [0.25, 0.3) is 21.9 Å². The van der Waals surface area contributed by atoms with Gasteiger partial charge in [-0.25, -0.2) is 4.79 Å². The molecule has 1 saturated heterocycles. The van der Waals surface area contributed by atoms with Gasteiger partial charge in [0.1, 0.15) is 0 Å². The largest absolute Gasteiger partial charge is 0.478 e. The summed E-state index contributed by atoms with van der Waals surface area (Å²) in [5, 5.41) is 10.8. The van der Waals surface area contributed by atoms with Crippen LogP contribution in [0, 0.1) is 5.92 Å². The molecule has 158 valence electrons. The molecule has 31 heavy (non-hydrogen) atoms. The van der Waals surface area contributed by atoms with E-state index >= 15 is 0 Å². The van der Waals surface area contributed by atoms with E-state index in [0.29, 0.717) is 24.6 Å². The zero-order chi connectivity index (χ0) is 21.5. The minimum atomic E-state index is -1.04. The molecule has 5 rings (SSSR count). The monoisotopic (exact) mass is 498 g/mol. The second-order valence-corrected chi connectivity index (χ2v) is 9.12. The van der Waals surface area contributed by atoms with Gasteiger partial charge in [0.15, 0.2) is 0 Å². The third kappa shape index (κ3) is 3.53. The minimum Gasteiger partial charge on any atom is -0.478 e. The molecule has 0 aliphatic carbocycles. The van der Waals surface area contributed by atoms with Crippen LogP contribution in [0.2, 0.25) is 5.02 Å². The number of aromatic carboxylic acids is 1. The molecule has 2 aromatic heterocycles. The molecule has 1 atom stereocenters. The van der Waals surface area contributed by atoms with Crippen molar-refractivity contribution in [1.29, 1.82) is 0 Å². The number of carboxylic acids is 1. The fourth-order valence-electron chi connectivity index (χ4n) is 4.70. The van der Waals surface area contributed by atoms with E-state index < -0.39 is 5.97 Å². The molecular formula is C24H20BrClN2O3. The quantitative estimate of drug-likeness (QED) is 0.357. The highest BCUT2D eigenvalue weighted by atomic mass is 79.9. The minimum absolute atomic E-state index is 0.0252. The summed E-state index contributed by atoms with van der Waals surface area (Å²) in [4.78, 5) is 16.5. The van der Waals surface area contributed by atoms with Crippen molar-refractivity contribution in [2.45, 2.75) is 18.9 Å². The molecule has 0 bridgehead atoms. The van der Waals surface area contributed by atoms with Crippen LogP contribution in [0.15, 0.2) is 59.2 Å². The number of benzene rings is 2. The summed E-state index contributed by atoms with van der Waals surface area (Å²) in [7, 11) is 0. The molecule has 3 heterocycles. The van der Waals surface area contributed by atoms with Gasteiger partial charge in [0, 0.05) is 29.3 Å². The molecule has 0 radical (unpaired) electrons. The number of pyridine rings is 1. The molecule has 1 N–H and O–H groups in total. The normalized spacial score (nSPS) is 16.1. The highest BCUT2D eigenvalue weighted by molar-refractivity contribution is 9.10. The van der Waals surface area contributed by atoms with E-state index in [4.69, 9.17) is 16.3 Å².